The number of nitrogens with zero attached hydrogens (tertiary/aromatic N) is 3. The number of likely N-dealkylation sites (N-methyl/N-ethyl adjacent to an activating group) is 1. The molecular weight excluding hydrogens is 310 g/mol. The van der Waals surface area contributed by atoms with Gasteiger partial charge in [-0.3, -0.25) is 4.98 Å². The number of likely N-dealkylation sites (tertiary alicyclic amines) is 1. The van der Waals surface area contributed by atoms with Gasteiger partial charge in [0.25, 0.3) is 0 Å². The second-order valence-electron chi connectivity index (χ2n) is 7.47. The molecule has 0 unspecified atom stereocenters. The molecule has 1 aliphatic heterocycles. The summed E-state index contributed by atoms with van der Waals surface area (Å²) in [6, 6.07) is 7.34. The first kappa shape index (κ1) is 14.9. The molecule has 2 aromatic heterocycles. The van der Waals surface area contributed by atoms with Gasteiger partial charge in [0.15, 0.2) is 0 Å². The molecule has 5 heteroatoms. The number of nitrogens with one attached hydrogen (secondary N) is 2. The number of hydrogen-bond donors (Lipinski definition) is 2. The van der Waals surface area contributed by atoms with Crippen LogP contribution in [0.4, 0.5) is 5.82 Å². The molecular formula is C20H23N5. The summed E-state index contributed by atoms with van der Waals surface area (Å²) in [5.74, 6) is 2.09. The zero-order valence-electron chi connectivity index (χ0n) is 14.4. The van der Waals surface area contributed by atoms with E-state index in [-0.39, 0.29) is 0 Å². The molecule has 0 saturated carbocycles. The standard InChI is InChI=1S/C20H23N5/c1-25-12-13(9-24-19-11-21-5-6-22-19)7-16-15-3-2-4-17-20(15)14(10-23-17)8-18(16)25/h2-6,10-11,13,16,18,23H,7-9,12H2,1H3,(H,22,24)/t13-,16+,18+/m0/s1. The molecule has 0 radical (unpaired) electrons. The maximum Gasteiger partial charge on any atom is 0.144 e. The van der Waals surface area contributed by atoms with Crippen molar-refractivity contribution in [2.24, 2.45) is 5.92 Å². The summed E-state index contributed by atoms with van der Waals surface area (Å²) < 4.78 is 0. The summed E-state index contributed by atoms with van der Waals surface area (Å²) in [4.78, 5) is 14.5. The Morgan fingerprint density at radius 2 is 2.28 bits per heavy atom. The second kappa shape index (κ2) is 5.85. The van der Waals surface area contributed by atoms with E-state index in [1.165, 1.54) is 28.5 Å². The third kappa shape index (κ3) is 2.50. The van der Waals surface area contributed by atoms with Crippen LogP contribution in [0.2, 0.25) is 0 Å². The van der Waals surface area contributed by atoms with Gasteiger partial charge in [-0.2, -0.15) is 0 Å². The lowest BCUT2D eigenvalue weighted by Crippen LogP contribution is -2.49. The molecule has 3 aromatic rings. The third-order valence-corrected chi connectivity index (χ3v) is 5.95. The van der Waals surface area contributed by atoms with E-state index >= 15 is 0 Å². The van der Waals surface area contributed by atoms with Crippen LogP contribution < -0.4 is 5.32 Å². The lowest BCUT2D eigenvalue weighted by molar-refractivity contribution is 0.117. The summed E-state index contributed by atoms with van der Waals surface area (Å²) in [5, 5.41) is 4.93. The molecule has 5 rings (SSSR count). The predicted molar refractivity (Wildman–Crippen MR) is 99.8 cm³/mol. The summed E-state index contributed by atoms with van der Waals surface area (Å²) >= 11 is 0. The minimum atomic E-state index is 0.611. The van der Waals surface area contributed by atoms with E-state index in [1.54, 1.807) is 18.6 Å². The van der Waals surface area contributed by atoms with E-state index in [9.17, 15) is 0 Å². The fraction of sp³-hybridized carbons (Fsp3) is 0.400. The van der Waals surface area contributed by atoms with E-state index in [4.69, 9.17) is 0 Å². The highest BCUT2D eigenvalue weighted by atomic mass is 15.2. The molecule has 5 nitrogen and oxygen atoms in total. The highest BCUT2D eigenvalue weighted by molar-refractivity contribution is 5.88. The summed E-state index contributed by atoms with van der Waals surface area (Å²) in [5.41, 5.74) is 4.30. The molecule has 0 bridgehead atoms. The largest absolute Gasteiger partial charge is 0.368 e. The number of aromatic amines is 1. The SMILES string of the molecule is CN1C[C@H](CNc2cnccn2)C[C@@H]2c3cccc4[nH]cc(c34)C[C@H]21. The number of hydrogen-bond acceptors (Lipinski definition) is 4. The van der Waals surface area contributed by atoms with Crippen LogP contribution in [-0.4, -0.2) is 46.0 Å². The fourth-order valence-corrected chi connectivity index (χ4v) is 4.84. The van der Waals surface area contributed by atoms with Gasteiger partial charge in [0, 0.05) is 54.5 Å². The number of benzene rings is 1. The molecule has 25 heavy (non-hydrogen) atoms. The molecule has 128 valence electrons. The van der Waals surface area contributed by atoms with Crippen LogP contribution in [-0.2, 0) is 6.42 Å². The van der Waals surface area contributed by atoms with Crippen molar-refractivity contribution in [2.75, 3.05) is 25.5 Å². The molecule has 1 aromatic carbocycles. The smallest absolute Gasteiger partial charge is 0.144 e. The number of piperidine rings is 1. The van der Waals surface area contributed by atoms with Crippen LogP contribution in [0.5, 0.6) is 0 Å². The van der Waals surface area contributed by atoms with Crippen molar-refractivity contribution >= 4 is 16.7 Å². The van der Waals surface area contributed by atoms with Crippen molar-refractivity contribution in [3.63, 3.8) is 0 Å². The van der Waals surface area contributed by atoms with Crippen LogP contribution in [0.25, 0.3) is 10.9 Å². The number of fused-ring (bicyclic) bond motifs is 2. The van der Waals surface area contributed by atoms with Crippen LogP contribution in [0.15, 0.2) is 43.0 Å². The van der Waals surface area contributed by atoms with E-state index in [0.29, 0.717) is 17.9 Å². The maximum absolute atomic E-state index is 4.33. The molecule has 0 amide bonds. The van der Waals surface area contributed by atoms with E-state index in [1.807, 2.05) is 0 Å². The Kier molecular flexibility index (Phi) is 3.48. The molecule has 3 atom stereocenters. The van der Waals surface area contributed by atoms with E-state index in [2.05, 4.69) is 56.6 Å². The van der Waals surface area contributed by atoms with Gasteiger partial charge in [-0.15, -0.1) is 0 Å². The topological polar surface area (TPSA) is 56.8 Å². The van der Waals surface area contributed by atoms with E-state index in [0.717, 1.165) is 25.3 Å². The highest BCUT2D eigenvalue weighted by Crippen LogP contribution is 2.44. The number of rotatable bonds is 3. The Morgan fingerprint density at radius 3 is 3.16 bits per heavy atom. The zero-order valence-corrected chi connectivity index (χ0v) is 14.4. The Balaban J connectivity index is 1.40. The van der Waals surface area contributed by atoms with Gasteiger partial charge < -0.3 is 15.2 Å². The van der Waals surface area contributed by atoms with Crippen molar-refractivity contribution in [2.45, 2.75) is 24.8 Å². The lowest BCUT2D eigenvalue weighted by Gasteiger charge is -2.45. The third-order valence-electron chi connectivity index (χ3n) is 5.95. The molecule has 2 aliphatic rings. The van der Waals surface area contributed by atoms with Gasteiger partial charge in [-0.1, -0.05) is 12.1 Å². The van der Waals surface area contributed by atoms with Crippen molar-refractivity contribution in [3.8, 4) is 0 Å². The first-order chi connectivity index (χ1) is 12.3. The Labute approximate surface area is 147 Å². The predicted octanol–water partition coefficient (Wildman–Crippen LogP) is 3.03. The average Bonchev–Trinajstić information content (AvgIpc) is 3.06. The van der Waals surface area contributed by atoms with Crippen molar-refractivity contribution in [1.29, 1.82) is 0 Å². The first-order valence-corrected chi connectivity index (χ1v) is 9.08. The second-order valence-corrected chi connectivity index (χ2v) is 7.47. The number of H-pyrrole nitrogens is 1. The van der Waals surface area contributed by atoms with Gasteiger partial charge in [-0.25, -0.2) is 4.98 Å². The van der Waals surface area contributed by atoms with Crippen LogP contribution >= 0.6 is 0 Å². The Morgan fingerprint density at radius 1 is 1.32 bits per heavy atom. The first-order valence-electron chi connectivity index (χ1n) is 9.08. The quantitative estimate of drug-likeness (QED) is 0.773. The van der Waals surface area contributed by atoms with Gasteiger partial charge in [0.2, 0.25) is 0 Å². The number of aromatic nitrogens is 3. The number of anilines is 1. The van der Waals surface area contributed by atoms with E-state index < -0.39 is 0 Å². The minimum absolute atomic E-state index is 0.611. The fourth-order valence-electron chi connectivity index (χ4n) is 4.84. The van der Waals surface area contributed by atoms with Crippen LogP contribution in [0.1, 0.15) is 23.5 Å². The van der Waals surface area contributed by atoms with Crippen LogP contribution in [0.3, 0.4) is 0 Å². The van der Waals surface area contributed by atoms with Crippen LogP contribution in [0, 0.1) is 5.92 Å². The molecule has 3 heterocycles. The molecule has 1 saturated heterocycles. The summed E-state index contributed by atoms with van der Waals surface area (Å²) in [6.07, 6.45) is 9.83. The lowest BCUT2D eigenvalue weighted by atomic mass is 9.72. The normalized spacial score (nSPS) is 25.7. The van der Waals surface area contributed by atoms with Crippen molar-refractivity contribution < 1.29 is 0 Å². The highest BCUT2D eigenvalue weighted by Gasteiger charge is 2.39. The molecule has 0 spiro atoms. The Hall–Kier alpha value is -2.40. The Bertz CT molecular complexity index is 887. The summed E-state index contributed by atoms with van der Waals surface area (Å²) in [7, 11) is 2.28. The average molecular weight is 333 g/mol. The maximum atomic E-state index is 4.33. The van der Waals surface area contributed by atoms with Gasteiger partial charge in [0.1, 0.15) is 5.82 Å². The molecule has 1 fully saturated rings. The van der Waals surface area contributed by atoms with Gasteiger partial charge >= 0.3 is 0 Å². The molecule has 2 N–H and O–H groups in total. The zero-order chi connectivity index (χ0) is 16.8. The monoisotopic (exact) mass is 333 g/mol. The van der Waals surface area contributed by atoms with Gasteiger partial charge in [0.05, 0.1) is 6.20 Å². The minimum Gasteiger partial charge on any atom is -0.368 e. The molecule has 1 aliphatic carbocycles. The summed E-state index contributed by atoms with van der Waals surface area (Å²) in [6.45, 7) is 2.08. The van der Waals surface area contributed by atoms with Crippen molar-refractivity contribution in [1.82, 2.24) is 19.9 Å². The van der Waals surface area contributed by atoms with Crippen molar-refractivity contribution in [3.05, 3.63) is 54.1 Å². The van der Waals surface area contributed by atoms with Gasteiger partial charge in [-0.05, 0) is 43.0 Å².